The summed E-state index contributed by atoms with van der Waals surface area (Å²) in [6.07, 6.45) is 6.63. The molecule has 3 fully saturated rings. The Bertz CT molecular complexity index is 637. The average molecular weight is 340 g/mol. The number of fused-ring (bicyclic) bond motifs is 2. The number of para-hydroxylation sites is 1. The molecule has 3 aliphatic rings. The number of hydrogen-bond acceptors (Lipinski definition) is 2. The number of amides is 2. The fraction of sp³-hybridized carbons (Fsp3) is 0.619. The molecule has 1 heterocycles. The zero-order valence-corrected chi connectivity index (χ0v) is 15.1. The third-order valence-electron chi connectivity index (χ3n) is 6.60. The van der Waals surface area contributed by atoms with E-state index in [9.17, 15) is 9.59 Å². The summed E-state index contributed by atoms with van der Waals surface area (Å²) in [5.74, 6) is 2.06. The third-order valence-corrected chi connectivity index (χ3v) is 6.60. The van der Waals surface area contributed by atoms with Crippen molar-refractivity contribution in [2.45, 2.75) is 51.5 Å². The molecule has 1 aromatic rings. The predicted octanol–water partition coefficient (Wildman–Crippen LogP) is 3.47. The van der Waals surface area contributed by atoms with Crippen LogP contribution >= 0.6 is 0 Å². The molecule has 0 aromatic heterocycles. The maximum absolute atomic E-state index is 13.5. The van der Waals surface area contributed by atoms with Crippen LogP contribution in [0, 0.1) is 17.8 Å². The van der Waals surface area contributed by atoms with Crippen molar-refractivity contribution in [1.82, 2.24) is 4.90 Å². The fourth-order valence-electron chi connectivity index (χ4n) is 5.27. The van der Waals surface area contributed by atoms with Gasteiger partial charge in [-0.1, -0.05) is 24.6 Å². The zero-order chi connectivity index (χ0) is 17.4. The Balaban J connectivity index is 1.55. The van der Waals surface area contributed by atoms with E-state index in [1.54, 1.807) is 6.92 Å². The number of carbonyl (C=O) groups is 2. The minimum atomic E-state index is 0.143. The number of benzene rings is 1. The Hall–Kier alpha value is -1.84. The highest BCUT2D eigenvalue weighted by molar-refractivity contribution is 5.96. The predicted molar refractivity (Wildman–Crippen MR) is 98.1 cm³/mol. The topological polar surface area (TPSA) is 40.6 Å². The first-order chi connectivity index (χ1) is 12.1. The van der Waals surface area contributed by atoms with Gasteiger partial charge < -0.3 is 9.80 Å². The monoisotopic (exact) mass is 340 g/mol. The highest BCUT2D eigenvalue weighted by Gasteiger charge is 2.45. The van der Waals surface area contributed by atoms with Crippen LogP contribution in [0.4, 0.5) is 5.69 Å². The number of carbonyl (C=O) groups excluding carboxylic acids is 2. The maximum atomic E-state index is 13.5. The molecule has 4 heteroatoms. The van der Waals surface area contributed by atoms with Gasteiger partial charge in [-0.25, -0.2) is 0 Å². The van der Waals surface area contributed by atoms with Gasteiger partial charge in [0, 0.05) is 37.7 Å². The molecule has 0 spiro atoms. The van der Waals surface area contributed by atoms with Crippen LogP contribution in [-0.2, 0) is 9.59 Å². The van der Waals surface area contributed by atoms with Gasteiger partial charge in [-0.3, -0.25) is 9.59 Å². The number of piperidine rings is 1. The molecule has 1 saturated heterocycles. The lowest BCUT2D eigenvalue weighted by molar-refractivity contribution is -0.130. The summed E-state index contributed by atoms with van der Waals surface area (Å²) >= 11 is 0. The van der Waals surface area contributed by atoms with Crippen molar-refractivity contribution in [1.29, 1.82) is 0 Å². The largest absolute Gasteiger partial charge is 0.343 e. The number of likely N-dealkylation sites (tertiary alicyclic amines) is 1. The molecule has 134 valence electrons. The standard InChI is InChI=1S/C21H28N2O2/c1-15(24)22-11-9-19(10-12-22)23(18-5-3-2-4-6-18)21(25)20-14-16-7-8-17(20)13-16/h2-6,16-17,19-20H,7-14H2,1H3/t16-,17-,20+/m0/s1. The van der Waals surface area contributed by atoms with Gasteiger partial charge in [-0.15, -0.1) is 0 Å². The Kier molecular flexibility index (Phi) is 4.53. The molecule has 4 nitrogen and oxygen atoms in total. The molecule has 2 aliphatic carbocycles. The summed E-state index contributed by atoms with van der Waals surface area (Å²) in [5, 5.41) is 0. The molecule has 0 radical (unpaired) electrons. The first-order valence-corrected chi connectivity index (χ1v) is 9.77. The molecular weight excluding hydrogens is 312 g/mol. The summed E-state index contributed by atoms with van der Waals surface area (Å²) in [4.78, 5) is 29.1. The van der Waals surface area contributed by atoms with Crippen LogP contribution in [0.5, 0.6) is 0 Å². The lowest BCUT2D eigenvalue weighted by Gasteiger charge is -2.40. The Labute approximate surface area is 150 Å². The van der Waals surface area contributed by atoms with E-state index in [-0.39, 0.29) is 17.9 Å². The van der Waals surface area contributed by atoms with Crippen LogP contribution in [0.25, 0.3) is 0 Å². The van der Waals surface area contributed by atoms with E-state index >= 15 is 0 Å². The quantitative estimate of drug-likeness (QED) is 0.845. The van der Waals surface area contributed by atoms with Crippen molar-refractivity contribution in [2.24, 2.45) is 17.8 Å². The lowest BCUT2D eigenvalue weighted by Crippen LogP contribution is -2.50. The normalized spacial score (nSPS) is 29.0. The third kappa shape index (κ3) is 3.19. The molecule has 2 amide bonds. The van der Waals surface area contributed by atoms with Gasteiger partial charge in [0.1, 0.15) is 0 Å². The summed E-state index contributed by atoms with van der Waals surface area (Å²) in [6, 6.07) is 10.4. The Morgan fingerprint density at radius 1 is 1.00 bits per heavy atom. The first kappa shape index (κ1) is 16.6. The van der Waals surface area contributed by atoms with E-state index in [4.69, 9.17) is 0 Å². The number of hydrogen-bond donors (Lipinski definition) is 0. The van der Waals surface area contributed by atoms with Gasteiger partial charge in [-0.05, 0) is 56.1 Å². The Morgan fingerprint density at radius 2 is 1.72 bits per heavy atom. The SMILES string of the molecule is CC(=O)N1CCC(N(C(=O)[C@@H]2C[C@H]3CC[C@H]2C3)c2ccccc2)CC1. The van der Waals surface area contributed by atoms with Gasteiger partial charge >= 0.3 is 0 Å². The van der Waals surface area contributed by atoms with E-state index in [0.29, 0.717) is 11.8 Å². The van der Waals surface area contributed by atoms with E-state index < -0.39 is 0 Å². The van der Waals surface area contributed by atoms with Gasteiger partial charge in [0.25, 0.3) is 0 Å². The summed E-state index contributed by atoms with van der Waals surface area (Å²) in [6.45, 7) is 3.15. The maximum Gasteiger partial charge on any atom is 0.230 e. The molecular formula is C21H28N2O2. The van der Waals surface area contributed by atoms with E-state index in [1.165, 1.54) is 19.3 Å². The second-order valence-electron chi connectivity index (χ2n) is 8.06. The molecule has 0 N–H and O–H groups in total. The van der Waals surface area contributed by atoms with Gasteiger partial charge in [0.05, 0.1) is 0 Å². The van der Waals surface area contributed by atoms with Crippen molar-refractivity contribution in [3.63, 3.8) is 0 Å². The summed E-state index contributed by atoms with van der Waals surface area (Å²) < 4.78 is 0. The van der Waals surface area contributed by atoms with Crippen LogP contribution < -0.4 is 4.90 Å². The van der Waals surface area contributed by atoms with Gasteiger partial charge in [0.2, 0.25) is 11.8 Å². The van der Waals surface area contributed by atoms with Crippen LogP contribution in [0.2, 0.25) is 0 Å². The molecule has 1 aliphatic heterocycles. The van der Waals surface area contributed by atoms with Crippen molar-refractivity contribution in [3.8, 4) is 0 Å². The smallest absolute Gasteiger partial charge is 0.230 e. The van der Waals surface area contributed by atoms with Crippen LogP contribution in [0.1, 0.15) is 45.4 Å². The molecule has 25 heavy (non-hydrogen) atoms. The van der Waals surface area contributed by atoms with Crippen molar-refractivity contribution in [3.05, 3.63) is 30.3 Å². The highest BCUT2D eigenvalue weighted by Crippen LogP contribution is 2.49. The van der Waals surface area contributed by atoms with Crippen LogP contribution in [-0.4, -0.2) is 35.8 Å². The molecule has 2 bridgehead atoms. The fourth-order valence-corrected chi connectivity index (χ4v) is 5.27. The van der Waals surface area contributed by atoms with Crippen molar-refractivity contribution < 1.29 is 9.59 Å². The zero-order valence-electron chi connectivity index (χ0n) is 15.1. The van der Waals surface area contributed by atoms with Crippen molar-refractivity contribution in [2.75, 3.05) is 18.0 Å². The average Bonchev–Trinajstić information content (AvgIpc) is 3.26. The van der Waals surface area contributed by atoms with E-state index in [2.05, 4.69) is 17.0 Å². The Morgan fingerprint density at radius 3 is 2.28 bits per heavy atom. The van der Waals surface area contributed by atoms with E-state index in [0.717, 1.165) is 44.0 Å². The highest BCUT2D eigenvalue weighted by atomic mass is 16.2. The molecule has 4 rings (SSSR count). The van der Waals surface area contributed by atoms with Gasteiger partial charge in [-0.2, -0.15) is 0 Å². The summed E-state index contributed by atoms with van der Waals surface area (Å²) in [5.41, 5.74) is 1.02. The number of rotatable bonds is 3. The van der Waals surface area contributed by atoms with Crippen LogP contribution in [0.3, 0.4) is 0 Å². The molecule has 0 unspecified atom stereocenters. The number of nitrogens with zero attached hydrogens (tertiary/aromatic N) is 2. The second kappa shape index (κ2) is 6.81. The second-order valence-corrected chi connectivity index (χ2v) is 8.06. The summed E-state index contributed by atoms with van der Waals surface area (Å²) in [7, 11) is 0. The van der Waals surface area contributed by atoms with Gasteiger partial charge in [0.15, 0.2) is 0 Å². The minimum absolute atomic E-state index is 0.143. The molecule has 2 saturated carbocycles. The molecule has 1 aromatic carbocycles. The van der Waals surface area contributed by atoms with Crippen molar-refractivity contribution >= 4 is 17.5 Å². The van der Waals surface area contributed by atoms with E-state index in [1.807, 2.05) is 23.1 Å². The first-order valence-electron chi connectivity index (χ1n) is 9.77. The molecule has 3 atom stereocenters. The van der Waals surface area contributed by atoms with Crippen LogP contribution in [0.15, 0.2) is 30.3 Å². The number of anilines is 1. The minimum Gasteiger partial charge on any atom is -0.343 e. The lowest BCUT2D eigenvalue weighted by atomic mass is 9.86.